The van der Waals surface area contributed by atoms with Crippen LogP contribution in [-0.4, -0.2) is 62.5 Å². The highest BCUT2D eigenvalue weighted by molar-refractivity contribution is 6.30. The summed E-state index contributed by atoms with van der Waals surface area (Å²) in [6.07, 6.45) is 3.17. The summed E-state index contributed by atoms with van der Waals surface area (Å²) in [6.45, 7) is 5.52. The highest BCUT2D eigenvalue weighted by Crippen LogP contribution is 2.28. The van der Waals surface area contributed by atoms with Gasteiger partial charge in [0.25, 0.3) is 0 Å². The van der Waals surface area contributed by atoms with Crippen LogP contribution in [0.3, 0.4) is 0 Å². The van der Waals surface area contributed by atoms with Gasteiger partial charge in [-0.15, -0.1) is 0 Å². The molecule has 2 aliphatic heterocycles. The lowest BCUT2D eigenvalue weighted by Crippen LogP contribution is -2.62. The molecular formula is C24H29Cl2FN2O3. The molecule has 8 heteroatoms. The van der Waals surface area contributed by atoms with Crippen LogP contribution in [-0.2, 0) is 4.74 Å². The Balaban J connectivity index is 1.14. The second-order valence-corrected chi connectivity index (χ2v) is 9.35. The summed E-state index contributed by atoms with van der Waals surface area (Å²) in [6, 6.07) is 12.5. The molecular weight excluding hydrogens is 454 g/mol. The molecule has 2 aliphatic rings. The maximum absolute atomic E-state index is 13.7. The third-order valence-electron chi connectivity index (χ3n) is 5.96. The number of likely N-dealkylation sites (tertiary alicyclic amines) is 1. The summed E-state index contributed by atoms with van der Waals surface area (Å²) in [5, 5.41) is 4.45. The molecule has 5 nitrogen and oxygen atoms in total. The monoisotopic (exact) mass is 482 g/mol. The minimum Gasteiger partial charge on any atom is -0.494 e. The normalized spacial score (nSPS) is 18.8. The third-order valence-corrected chi connectivity index (χ3v) is 6.52. The number of nitrogens with zero attached hydrogens (tertiary/aromatic N) is 1. The molecule has 0 aromatic heterocycles. The van der Waals surface area contributed by atoms with E-state index in [1.54, 1.807) is 6.07 Å². The van der Waals surface area contributed by atoms with Crippen LogP contribution in [0.5, 0.6) is 11.5 Å². The van der Waals surface area contributed by atoms with E-state index in [2.05, 4.69) is 10.2 Å². The lowest BCUT2D eigenvalue weighted by atomic mass is 9.99. The van der Waals surface area contributed by atoms with E-state index in [0.29, 0.717) is 38.2 Å². The van der Waals surface area contributed by atoms with Crippen molar-refractivity contribution in [3.63, 3.8) is 0 Å². The maximum Gasteiger partial charge on any atom is 0.167 e. The lowest BCUT2D eigenvalue weighted by Gasteiger charge is -2.43. The zero-order valence-electron chi connectivity index (χ0n) is 18.0. The molecule has 0 spiro atoms. The predicted octanol–water partition coefficient (Wildman–Crippen LogP) is 4.80. The van der Waals surface area contributed by atoms with Gasteiger partial charge in [0.05, 0.1) is 24.8 Å². The van der Waals surface area contributed by atoms with Crippen molar-refractivity contribution < 1.29 is 18.6 Å². The predicted molar refractivity (Wildman–Crippen MR) is 125 cm³/mol. The van der Waals surface area contributed by atoms with Crippen molar-refractivity contribution in [1.82, 2.24) is 10.2 Å². The molecule has 32 heavy (non-hydrogen) atoms. The van der Waals surface area contributed by atoms with E-state index in [4.69, 9.17) is 37.4 Å². The summed E-state index contributed by atoms with van der Waals surface area (Å²) in [5.74, 6) is 0.862. The second-order valence-electron chi connectivity index (χ2n) is 8.51. The summed E-state index contributed by atoms with van der Waals surface area (Å²) in [4.78, 5) is 2.48. The minimum atomic E-state index is -0.474. The Morgan fingerprint density at radius 1 is 1.06 bits per heavy atom. The van der Waals surface area contributed by atoms with Gasteiger partial charge in [0.2, 0.25) is 0 Å². The molecule has 0 aliphatic carbocycles. The van der Waals surface area contributed by atoms with Crippen LogP contribution in [0.15, 0.2) is 42.5 Å². The van der Waals surface area contributed by atoms with Crippen molar-refractivity contribution in [2.75, 3.05) is 46.0 Å². The van der Waals surface area contributed by atoms with E-state index >= 15 is 0 Å². The van der Waals surface area contributed by atoms with Gasteiger partial charge in [-0.2, -0.15) is 0 Å². The van der Waals surface area contributed by atoms with Crippen LogP contribution in [0.2, 0.25) is 10.0 Å². The summed E-state index contributed by atoms with van der Waals surface area (Å²) in [7, 11) is 0. The van der Waals surface area contributed by atoms with Gasteiger partial charge in [0.15, 0.2) is 5.60 Å². The van der Waals surface area contributed by atoms with E-state index in [0.717, 1.165) is 49.7 Å². The number of halogens is 3. The first kappa shape index (κ1) is 23.6. The van der Waals surface area contributed by atoms with Crippen molar-refractivity contribution in [3.8, 4) is 11.5 Å². The van der Waals surface area contributed by atoms with Crippen LogP contribution < -0.4 is 14.8 Å². The SMILES string of the molecule is Fc1cc(OC2(CNC3CCN(CCCOc4ccc(Cl)cc4)CC3)COC2)ccc1Cl. The Bertz CT molecular complexity index is 872. The van der Waals surface area contributed by atoms with Crippen LogP contribution in [0.4, 0.5) is 4.39 Å². The fraction of sp³-hybridized carbons (Fsp3) is 0.500. The van der Waals surface area contributed by atoms with E-state index in [9.17, 15) is 4.39 Å². The molecule has 174 valence electrons. The first-order chi connectivity index (χ1) is 15.5. The smallest absolute Gasteiger partial charge is 0.167 e. The molecule has 1 N–H and O–H groups in total. The minimum absolute atomic E-state index is 0.0951. The molecule has 2 aromatic carbocycles. The van der Waals surface area contributed by atoms with Crippen LogP contribution >= 0.6 is 23.2 Å². The molecule has 0 unspecified atom stereocenters. The second kappa shape index (κ2) is 11.0. The quantitative estimate of drug-likeness (QED) is 0.492. The van der Waals surface area contributed by atoms with Gasteiger partial charge >= 0.3 is 0 Å². The van der Waals surface area contributed by atoms with Crippen molar-refractivity contribution in [1.29, 1.82) is 0 Å². The number of hydrogen-bond acceptors (Lipinski definition) is 5. The molecule has 0 atom stereocenters. The average Bonchev–Trinajstić information content (AvgIpc) is 2.77. The molecule has 0 saturated carbocycles. The van der Waals surface area contributed by atoms with Crippen molar-refractivity contribution in [2.45, 2.75) is 30.9 Å². The molecule has 4 rings (SSSR count). The van der Waals surface area contributed by atoms with Crippen LogP contribution in [0.1, 0.15) is 19.3 Å². The number of piperidine rings is 1. The molecule has 2 aromatic rings. The number of rotatable bonds is 10. The standard InChI is InChI=1S/C24H29Cl2FN2O3/c25-18-2-4-20(5-3-18)31-13-1-10-29-11-8-19(9-12-29)28-15-24(16-30-17-24)32-21-6-7-22(26)23(27)14-21/h2-7,14,19,28H,1,8-13,15-17H2. The lowest BCUT2D eigenvalue weighted by molar-refractivity contribution is -0.159. The van der Waals surface area contributed by atoms with Gasteiger partial charge in [-0.3, -0.25) is 0 Å². The zero-order valence-corrected chi connectivity index (χ0v) is 19.5. The molecule has 0 radical (unpaired) electrons. The van der Waals surface area contributed by atoms with Crippen molar-refractivity contribution in [2.24, 2.45) is 0 Å². The van der Waals surface area contributed by atoms with Gasteiger partial charge in [0, 0.05) is 30.2 Å². The summed E-state index contributed by atoms with van der Waals surface area (Å²) < 4.78 is 31.0. The number of nitrogens with one attached hydrogen (secondary N) is 1. The fourth-order valence-electron chi connectivity index (χ4n) is 4.02. The molecule has 0 bridgehead atoms. The molecule has 2 heterocycles. The zero-order chi connectivity index (χ0) is 22.4. The summed E-state index contributed by atoms with van der Waals surface area (Å²) >= 11 is 11.7. The van der Waals surface area contributed by atoms with Gasteiger partial charge in [0.1, 0.15) is 17.3 Å². The first-order valence-corrected chi connectivity index (χ1v) is 11.8. The Labute approximate surface area is 198 Å². The molecule has 0 amide bonds. The number of hydrogen-bond donors (Lipinski definition) is 1. The van der Waals surface area contributed by atoms with Gasteiger partial charge in [-0.05, 0) is 68.8 Å². The van der Waals surface area contributed by atoms with Crippen molar-refractivity contribution >= 4 is 23.2 Å². The van der Waals surface area contributed by atoms with Gasteiger partial charge in [-0.25, -0.2) is 4.39 Å². The number of benzene rings is 2. The molecule has 2 saturated heterocycles. The Morgan fingerprint density at radius 3 is 2.44 bits per heavy atom. The highest BCUT2D eigenvalue weighted by atomic mass is 35.5. The molecule has 2 fully saturated rings. The van der Waals surface area contributed by atoms with E-state index < -0.39 is 11.4 Å². The average molecular weight is 483 g/mol. The van der Waals surface area contributed by atoms with Gasteiger partial charge in [-0.1, -0.05) is 23.2 Å². The topological polar surface area (TPSA) is 43.0 Å². The van der Waals surface area contributed by atoms with Crippen LogP contribution in [0, 0.1) is 5.82 Å². The van der Waals surface area contributed by atoms with Crippen molar-refractivity contribution in [3.05, 3.63) is 58.3 Å². The largest absolute Gasteiger partial charge is 0.494 e. The van der Waals surface area contributed by atoms with E-state index in [1.807, 2.05) is 24.3 Å². The Morgan fingerprint density at radius 2 is 1.78 bits per heavy atom. The highest BCUT2D eigenvalue weighted by Gasteiger charge is 2.41. The third kappa shape index (κ3) is 6.49. The van der Waals surface area contributed by atoms with Gasteiger partial charge < -0.3 is 24.4 Å². The van der Waals surface area contributed by atoms with E-state index in [1.165, 1.54) is 12.1 Å². The summed E-state index contributed by atoms with van der Waals surface area (Å²) in [5.41, 5.74) is -0.448. The first-order valence-electron chi connectivity index (χ1n) is 11.1. The Kier molecular flexibility index (Phi) is 8.13. The Hall–Kier alpha value is -1.57. The fourth-order valence-corrected chi connectivity index (χ4v) is 4.26. The van der Waals surface area contributed by atoms with Crippen LogP contribution in [0.25, 0.3) is 0 Å². The van der Waals surface area contributed by atoms with E-state index in [-0.39, 0.29) is 5.02 Å². The number of ether oxygens (including phenoxy) is 3. The maximum atomic E-state index is 13.7.